The molecule has 3 rings (SSSR count). The van der Waals surface area contributed by atoms with Crippen LogP contribution in [0.3, 0.4) is 0 Å². The summed E-state index contributed by atoms with van der Waals surface area (Å²) in [6.45, 7) is 1.35. The van der Waals surface area contributed by atoms with Crippen LogP contribution in [-0.4, -0.2) is 29.7 Å². The van der Waals surface area contributed by atoms with Gasteiger partial charge in [-0.05, 0) is 30.4 Å². The summed E-state index contributed by atoms with van der Waals surface area (Å²) in [6.07, 6.45) is 3.46. The zero-order valence-corrected chi connectivity index (χ0v) is 12.9. The molecular formula is C16H23ClN2O2. The summed E-state index contributed by atoms with van der Waals surface area (Å²) in [6, 6.07) is 8.10. The van der Waals surface area contributed by atoms with Crippen molar-refractivity contribution in [3.05, 3.63) is 35.4 Å². The van der Waals surface area contributed by atoms with Gasteiger partial charge in [-0.1, -0.05) is 30.7 Å². The molecule has 0 saturated heterocycles. The highest BCUT2D eigenvalue weighted by Gasteiger charge is 2.28. The number of aliphatic hydroxyl groups excluding tert-OH is 1. The second-order valence-electron chi connectivity index (χ2n) is 5.91. The van der Waals surface area contributed by atoms with Crippen LogP contribution in [0.15, 0.2) is 24.3 Å². The van der Waals surface area contributed by atoms with Crippen molar-refractivity contribution >= 4 is 18.3 Å². The number of carbonyl (C=O) groups is 1. The Morgan fingerprint density at radius 1 is 1.29 bits per heavy atom. The van der Waals surface area contributed by atoms with E-state index in [1.54, 1.807) is 0 Å². The van der Waals surface area contributed by atoms with Crippen molar-refractivity contribution in [2.24, 2.45) is 5.92 Å². The monoisotopic (exact) mass is 310 g/mol. The number of rotatable bonds is 3. The third-order valence-electron chi connectivity index (χ3n) is 4.56. The van der Waals surface area contributed by atoms with Gasteiger partial charge in [-0.3, -0.25) is 4.79 Å². The molecule has 21 heavy (non-hydrogen) atoms. The van der Waals surface area contributed by atoms with Crippen LogP contribution in [0.25, 0.3) is 0 Å². The number of halogens is 1. The molecule has 3 N–H and O–H groups in total. The number of hydrogen-bond donors (Lipinski definition) is 3. The molecule has 3 atom stereocenters. The Kier molecular flexibility index (Phi) is 5.62. The van der Waals surface area contributed by atoms with Gasteiger partial charge < -0.3 is 15.7 Å². The first-order valence-corrected chi connectivity index (χ1v) is 7.50. The molecule has 1 fully saturated rings. The van der Waals surface area contributed by atoms with Crippen LogP contribution in [-0.2, 0) is 17.8 Å². The van der Waals surface area contributed by atoms with Gasteiger partial charge in [0.05, 0.1) is 12.1 Å². The van der Waals surface area contributed by atoms with Gasteiger partial charge in [-0.25, -0.2) is 0 Å². The molecule has 4 nitrogen and oxygen atoms in total. The molecule has 0 spiro atoms. The first-order valence-electron chi connectivity index (χ1n) is 7.50. The topological polar surface area (TPSA) is 61.4 Å². The molecule has 1 aliphatic carbocycles. The molecule has 2 aliphatic rings. The molecule has 1 heterocycles. The van der Waals surface area contributed by atoms with Crippen LogP contribution in [0.5, 0.6) is 0 Å². The largest absolute Gasteiger partial charge is 0.393 e. The minimum Gasteiger partial charge on any atom is -0.393 e. The van der Waals surface area contributed by atoms with Crippen molar-refractivity contribution in [1.29, 1.82) is 0 Å². The van der Waals surface area contributed by atoms with Crippen LogP contribution in [0.2, 0.25) is 0 Å². The van der Waals surface area contributed by atoms with E-state index in [9.17, 15) is 9.90 Å². The lowest BCUT2D eigenvalue weighted by atomic mass is 9.95. The van der Waals surface area contributed by atoms with Crippen LogP contribution >= 0.6 is 12.4 Å². The first kappa shape index (κ1) is 16.3. The zero-order chi connectivity index (χ0) is 13.9. The predicted molar refractivity (Wildman–Crippen MR) is 84.4 cm³/mol. The van der Waals surface area contributed by atoms with Crippen molar-refractivity contribution in [3.63, 3.8) is 0 Å². The highest BCUT2D eigenvalue weighted by molar-refractivity contribution is 5.85. The second-order valence-corrected chi connectivity index (χ2v) is 5.91. The Labute approximate surface area is 131 Å². The lowest BCUT2D eigenvalue weighted by Crippen LogP contribution is -2.49. The summed E-state index contributed by atoms with van der Waals surface area (Å²) in [7, 11) is 0. The molecule has 5 heteroatoms. The average Bonchev–Trinajstić information content (AvgIpc) is 2.89. The van der Waals surface area contributed by atoms with Gasteiger partial charge in [0.25, 0.3) is 0 Å². The summed E-state index contributed by atoms with van der Waals surface area (Å²) < 4.78 is 0. The van der Waals surface area contributed by atoms with E-state index in [1.165, 1.54) is 11.1 Å². The maximum atomic E-state index is 12.2. The van der Waals surface area contributed by atoms with Crippen molar-refractivity contribution in [2.45, 2.75) is 44.4 Å². The maximum Gasteiger partial charge on any atom is 0.237 e. The molecule has 3 unspecified atom stereocenters. The lowest BCUT2D eigenvalue weighted by Gasteiger charge is -2.26. The van der Waals surface area contributed by atoms with E-state index in [1.807, 2.05) is 12.1 Å². The van der Waals surface area contributed by atoms with E-state index >= 15 is 0 Å². The van der Waals surface area contributed by atoms with E-state index in [-0.39, 0.29) is 36.4 Å². The van der Waals surface area contributed by atoms with Gasteiger partial charge in [-0.15, -0.1) is 12.4 Å². The Balaban J connectivity index is 0.00000161. The zero-order valence-electron chi connectivity index (χ0n) is 12.0. The average molecular weight is 311 g/mol. The predicted octanol–water partition coefficient (Wildman–Crippen LogP) is 1.40. The fourth-order valence-corrected chi connectivity index (χ4v) is 3.25. The third-order valence-corrected chi connectivity index (χ3v) is 4.56. The molecule has 0 bridgehead atoms. The number of aliphatic hydroxyl groups is 1. The van der Waals surface area contributed by atoms with Crippen LogP contribution < -0.4 is 10.6 Å². The van der Waals surface area contributed by atoms with Gasteiger partial charge in [0, 0.05) is 19.0 Å². The Hall–Kier alpha value is -1.10. The fraction of sp³-hybridized carbons (Fsp3) is 0.562. The lowest BCUT2D eigenvalue weighted by molar-refractivity contribution is -0.123. The van der Waals surface area contributed by atoms with Gasteiger partial charge in [-0.2, -0.15) is 0 Å². The SMILES string of the molecule is Cl.O=C(NCC1CCCC1O)C1Cc2ccccc2CN1. The van der Waals surface area contributed by atoms with E-state index in [2.05, 4.69) is 22.8 Å². The smallest absolute Gasteiger partial charge is 0.237 e. The Morgan fingerprint density at radius 2 is 2.05 bits per heavy atom. The molecule has 0 radical (unpaired) electrons. The van der Waals surface area contributed by atoms with Gasteiger partial charge in [0.2, 0.25) is 5.91 Å². The van der Waals surface area contributed by atoms with Gasteiger partial charge >= 0.3 is 0 Å². The first-order chi connectivity index (χ1) is 9.74. The number of amides is 1. The molecule has 1 aliphatic heterocycles. The van der Waals surface area contributed by atoms with Crippen molar-refractivity contribution in [1.82, 2.24) is 10.6 Å². The minimum atomic E-state index is -0.240. The van der Waals surface area contributed by atoms with E-state index in [0.29, 0.717) is 6.54 Å². The Bertz CT molecular complexity index is 495. The molecule has 1 saturated carbocycles. The van der Waals surface area contributed by atoms with Gasteiger partial charge in [0.15, 0.2) is 0 Å². The number of carbonyl (C=O) groups excluding carboxylic acids is 1. The van der Waals surface area contributed by atoms with Crippen LogP contribution in [0.4, 0.5) is 0 Å². The van der Waals surface area contributed by atoms with Gasteiger partial charge in [0.1, 0.15) is 0 Å². The summed E-state index contributed by atoms with van der Waals surface area (Å²) in [4.78, 5) is 12.2. The van der Waals surface area contributed by atoms with Crippen molar-refractivity contribution in [3.8, 4) is 0 Å². The quantitative estimate of drug-likeness (QED) is 0.791. The summed E-state index contributed by atoms with van der Waals surface area (Å²) in [5.74, 6) is 0.286. The molecular weight excluding hydrogens is 288 g/mol. The number of benzene rings is 1. The van der Waals surface area contributed by atoms with E-state index < -0.39 is 0 Å². The molecule has 1 aromatic carbocycles. The van der Waals surface area contributed by atoms with Crippen molar-refractivity contribution < 1.29 is 9.90 Å². The number of fused-ring (bicyclic) bond motifs is 1. The van der Waals surface area contributed by atoms with E-state index in [0.717, 1.165) is 32.2 Å². The highest BCUT2D eigenvalue weighted by Crippen LogP contribution is 2.24. The summed E-state index contributed by atoms with van der Waals surface area (Å²) in [5, 5.41) is 16.1. The Morgan fingerprint density at radius 3 is 2.76 bits per heavy atom. The molecule has 116 valence electrons. The maximum absolute atomic E-state index is 12.2. The highest BCUT2D eigenvalue weighted by atomic mass is 35.5. The number of nitrogens with one attached hydrogen (secondary N) is 2. The van der Waals surface area contributed by atoms with Crippen LogP contribution in [0, 0.1) is 5.92 Å². The van der Waals surface area contributed by atoms with E-state index in [4.69, 9.17) is 0 Å². The second kappa shape index (κ2) is 7.25. The van der Waals surface area contributed by atoms with Crippen molar-refractivity contribution in [2.75, 3.05) is 6.54 Å². The third kappa shape index (κ3) is 3.76. The number of hydrogen-bond acceptors (Lipinski definition) is 3. The molecule has 1 aromatic rings. The fourth-order valence-electron chi connectivity index (χ4n) is 3.25. The molecule has 0 aromatic heterocycles. The van der Waals surface area contributed by atoms with Crippen LogP contribution in [0.1, 0.15) is 30.4 Å². The minimum absolute atomic E-state index is 0. The standard InChI is InChI=1S/C16H22N2O2.ClH/c19-15-7-3-6-13(15)10-18-16(20)14-8-11-4-1-2-5-12(11)9-17-14;/h1-2,4-5,13-15,17,19H,3,6-10H2,(H,18,20);1H. The normalized spacial score (nSPS) is 27.6. The summed E-state index contributed by atoms with van der Waals surface area (Å²) in [5.41, 5.74) is 2.54. The molecule has 1 amide bonds. The summed E-state index contributed by atoms with van der Waals surface area (Å²) >= 11 is 0.